The van der Waals surface area contributed by atoms with E-state index >= 15 is 0 Å². The second-order valence-corrected chi connectivity index (χ2v) is 17.2. The van der Waals surface area contributed by atoms with Crippen LogP contribution in [0.25, 0.3) is 22.5 Å². The van der Waals surface area contributed by atoms with Crippen molar-refractivity contribution >= 4 is 31.6 Å². The molecule has 40 heavy (non-hydrogen) atoms. The van der Waals surface area contributed by atoms with Crippen molar-refractivity contribution in [2.24, 2.45) is 0 Å². The molecule has 0 fully saturated rings. The van der Waals surface area contributed by atoms with Crippen molar-refractivity contribution < 1.29 is 28.3 Å². The Labute approximate surface area is 267 Å². The monoisotopic (exact) mass is 897 g/mol. The van der Waals surface area contributed by atoms with E-state index in [0.29, 0.717) is 11.3 Å². The van der Waals surface area contributed by atoms with Gasteiger partial charge in [-0.05, 0) is 18.1 Å². The number of pyridine rings is 2. The van der Waals surface area contributed by atoms with E-state index in [0.717, 1.165) is 11.3 Å². The Morgan fingerprint density at radius 3 is 1.85 bits per heavy atom. The van der Waals surface area contributed by atoms with Crippen molar-refractivity contribution in [3.63, 3.8) is 0 Å². The molecule has 0 saturated carbocycles. The van der Waals surface area contributed by atoms with Crippen LogP contribution in [0.4, 0.5) is 0 Å². The van der Waals surface area contributed by atoms with E-state index in [1.54, 1.807) is 12.1 Å². The zero-order valence-electron chi connectivity index (χ0n) is 27.5. The fourth-order valence-electron chi connectivity index (χ4n) is 4.00. The number of aromatic nitrogens is 2. The average Bonchev–Trinajstić information content (AvgIpc) is 3.06. The Kier molecular flexibility index (Phi) is 8.36. The Balaban J connectivity index is 0.000000210. The van der Waals surface area contributed by atoms with Crippen molar-refractivity contribution in [1.29, 1.82) is 0 Å². The number of hydrogen-bond acceptors (Lipinski definition) is 2. The van der Waals surface area contributed by atoms with Gasteiger partial charge >= 0.3 is 157 Å². The van der Waals surface area contributed by atoms with Gasteiger partial charge in [0.15, 0.2) is 0 Å². The quantitative estimate of drug-likeness (QED) is 0.152. The van der Waals surface area contributed by atoms with E-state index in [2.05, 4.69) is 101 Å². The molecule has 0 aliphatic rings. The standard InChI is InChI=1S/C13H12N.C11H7N.2C6H5.Bi.Ir/c1-10-3-6-12(7-4-10)13-8-5-11(2)9-14-13;1-2-6-10(7-3-1)11-8-4-5-9-12-11;2*1-2-4-6-5-3-1;;/h3-6,8-9H,1-2H3;1-3,5-6,8-9H;2*1-5H;;/q2*-1;;;;/i1D3,2D3;;;;;. The van der Waals surface area contributed by atoms with Crippen molar-refractivity contribution in [2.45, 2.75) is 13.7 Å². The Morgan fingerprint density at radius 2 is 1.27 bits per heavy atom. The molecule has 0 atom stereocenters. The Bertz CT molecular complexity index is 1700. The first-order chi connectivity index (χ1) is 21.6. The molecule has 2 heterocycles. The molecule has 1 radical (unpaired) electrons. The van der Waals surface area contributed by atoms with Crippen LogP contribution in [0.15, 0.2) is 140 Å². The van der Waals surface area contributed by atoms with Gasteiger partial charge in [0.05, 0.1) is 0 Å². The average molecular weight is 897 g/mol. The van der Waals surface area contributed by atoms with Gasteiger partial charge < -0.3 is 4.98 Å². The molecule has 6 aromatic rings. The summed E-state index contributed by atoms with van der Waals surface area (Å²) < 4.78 is 48.1. The number of rotatable bonds is 5. The molecule has 2 aromatic heterocycles. The van der Waals surface area contributed by atoms with Gasteiger partial charge in [0.1, 0.15) is 0 Å². The van der Waals surface area contributed by atoms with Gasteiger partial charge in [0.25, 0.3) is 0 Å². The summed E-state index contributed by atoms with van der Waals surface area (Å²) in [4.78, 5) is 8.66. The van der Waals surface area contributed by atoms with Crippen LogP contribution in [-0.2, 0) is 20.1 Å². The van der Waals surface area contributed by atoms with Crippen LogP contribution in [0.2, 0.25) is 0 Å². The first-order valence-electron chi connectivity index (χ1n) is 15.4. The third-order valence-electron chi connectivity index (χ3n) is 5.87. The minimum absolute atomic E-state index is 0. The first kappa shape index (κ1) is 22.4. The van der Waals surface area contributed by atoms with E-state index in [1.165, 1.54) is 34.2 Å². The number of benzene rings is 4. The molecule has 0 aliphatic heterocycles. The number of aryl methyl sites for hydroxylation is 2. The summed E-state index contributed by atoms with van der Waals surface area (Å²) in [6, 6.07) is 48.1. The molecule has 0 unspecified atom stereocenters. The number of hydrogen-bond donors (Lipinski definition) is 0. The van der Waals surface area contributed by atoms with Crippen molar-refractivity contribution in [3.8, 4) is 22.5 Å². The molecule has 4 aromatic carbocycles. The Hall–Kier alpha value is -3.29. The summed E-state index contributed by atoms with van der Waals surface area (Å²) in [5.41, 5.74) is 3.60. The van der Waals surface area contributed by atoms with Crippen molar-refractivity contribution in [1.82, 2.24) is 9.97 Å². The zero-order valence-corrected chi connectivity index (χ0v) is 27.3. The summed E-state index contributed by atoms with van der Waals surface area (Å²) in [6.07, 6.45) is 3.24. The van der Waals surface area contributed by atoms with Crippen LogP contribution in [0.5, 0.6) is 0 Å². The molecule has 0 aliphatic carbocycles. The molecule has 4 heteroatoms. The molecule has 0 spiro atoms. The van der Waals surface area contributed by atoms with Crippen molar-refractivity contribution in [3.05, 3.63) is 163 Å². The SMILES string of the molecule is [2H]C([2H])([2H])c1c[c-]c(-c2ccc(C([2H])([2H])[2H])cn2)cc1.[Ir].[c-]1ccccc1-c1c[c]([Bi]([c]2ccccc2)[c]2ccccc2)ccn1. The molecule has 0 N–H and O–H groups in total. The van der Waals surface area contributed by atoms with Gasteiger partial charge in [0.2, 0.25) is 0 Å². The molecule has 199 valence electrons. The van der Waals surface area contributed by atoms with Crippen LogP contribution in [-0.4, -0.2) is 31.7 Å². The van der Waals surface area contributed by atoms with E-state index in [4.69, 9.17) is 8.22 Å². The molecule has 2 nitrogen and oxygen atoms in total. The fraction of sp³-hybridized carbons (Fsp3) is 0.0556. The van der Waals surface area contributed by atoms with Gasteiger partial charge in [-0.25, -0.2) is 0 Å². The Morgan fingerprint density at radius 1 is 0.600 bits per heavy atom. The second kappa shape index (κ2) is 14.9. The summed E-state index contributed by atoms with van der Waals surface area (Å²) >= 11 is -2.31. The predicted molar refractivity (Wildman–Crippen MR) is 164 cm³/mol. The molecule has 0 saturated heterocycles. The first-order valence-corrected chi connectivity index (χ1v) is 17.6. The van der Waals surface area contributed by atoms with E-state index in [9.17, 15) is 0 Å². The molecule has 0 bridgehead atoms. The summed E-state index contributed by atoms with van der Waals surface area (Å²) in [7, 11) is 0. The fourth-order valence-corrected chi connectivity index (χ4v) is 12.9. The predicted octanol–water partition coefficient (Wildman–Crippen LogP) is 6.23. The summed E-state index contributed by atoms with van der Waals surface area (Å²) in [6.45, 7) is -4.34. The van der Waals surface area contributed by atoms with Gasteiger partial charge in [-0.2, -0.15) is 0 Å². The van der Waals surface area contributed by atoms with Crippen LogP contribution in [0.1, 0.15) is 19.4 Å². The van der Waals surface area contributed by atoms with E-state index in [-0.39, 0.29) is 31.2 Å². The van der Waals surface area contributed by atoms with E-state index < -0.39 is 35.5 Å². The van der Waals surface area contributed by atoms with Crippen LogP contribution in [0, 0.1) is 25.8 Å². The maximum absolute atomic E-state index is 7.28. The third kappa shape index (κ3) is 7.89. The topological polar surface area (TPSA) is 25.8 Å². The summed E-state index contributed by atoms with van der Waals surface area (Å²) in [5, 5.41) is 0. The molecule has 0 amide bonds. The normalized spacial score (nSPS) is 13.1. The van der Waals surface area contributed by atoms with Gasteiger partial charge in [-0.15, -0.1) is 35.4 Å². The summed E-state index contributed by atoms with van der Waals surface area (Å²) in [5.74, 6) is 0. The van der Waals surface area contributed by atoms with Gasteiger partial charge in [-0.3, -0.25) is 0 Å². The molecular formula is C36H29BiIrN2-2. The zero-order chi connectivity index (χ0) is 31.9. The van der Waals surface area contributed by atoms with E-state index in [1.807, 2.05) is 24.4 Å². The minimum atomic E-state index is -2.31. The van der Waals surface area contributed by atoms with Crippen LogP contribution in [0.3, 0.4) is 0 Å². The molecule has 6 rings (SSSR count). The second-order valence-electron chi connectivity index (χ2n) is 8.61. The third-order valence-corrected chi connectivity index (χ3v) is 15.3. The van der Waals surface area contributed by atoms with Crippen molar-refractivity contribution in [2.75, 3.05) is 0 Å². The maximum atomic E-state index is 7.28. The van der Waals surface area contributed by atoms with Crippen LogP contribution < -0.4 is 9.81 Å². The van der Waals surface area contributed by atoms with Crippen LogP contribution >= 0.6 is 0 Å². The van der Waals surface area contributed by atoms with Gasteiger partial charge in [0, 0.05) is 34.5 Å². The number of nitrogens with zero attached hydrogens (tertiary/aromatic N) is 2. The van der Waals surface area contributed by atoms with Gasteiger partial charge in [-0.1, -0.05) is 19.0 Å². The molecular weight excluding hydrogens is 862 g/mol.